The molecule has 0 fully saturated rings. The molecular weight excluding hydrogens is 424 g/mol. The van der Waals surface area contributed by atoms with Gasteiger partial charge in [0.1, 0.15) is 17.3 Å². The molecule has 0 saturated heterocycles. The number of aromatic nitrogens is 1. The number of benzene rings is 3. The Hall–Kier alpha value is -4.00. The van der Waals surface area contributed by atoms with Crippen molar-refractivity contribution in [2.45, 2.75) is 25.8 Å². The minimum absolute atomic E-state index is 0.0781. The summed E-state index contributed by atoms with van der Waals surface area (Å²) in [6, 6.07) is 19.8. The molecule has 1 atom stereocenters. The fourth-order valence-electron chi connectivity index (χ4n) is 3.58. The third-order valence-electron chi connectivity index (χ3n) is 5.38. The number of nitrogen functional groups attached to an aromatic ring is 1. The highest BCUT2D eigenvalue weighted by Gasteiger charge is 2.23. The van der Waals surface area contributed by atoms with Crippen molar-refractivity contribution in [3.8, 4) is 11.5 Å². The lowest BCUT2D eigenvalue weighted by Crippen LogP contribution is -2.27. The molecule has 1 aromatic heterocycles. The first-order valence-corrected chi connectivity index (χ1v) is 10.4. The van der Waals surface area contributed by atoms with E-state index in [1.807, 2.05) is 25.1 Å². The molecule has 4 rings (SSSR count). The second-order valence-corrected chi connectivity index (χ2v) is 7.88. The standard InChI is InChI=1S/C26H23F2N3O2/c1-16(21-6-4-14-30-24(21)29)31-25(32)18-8-13-22-17(15-18)5-3-7-23(22)33-20-11-9-19(10-12-20)26(2,27)28/h3-16H,1-2H3,(H2,29,30)(H,31,32)/t16-/m1/s1. The maximum atomic E-state index is 13.4. The number of halogens is 2. The van der Waals surface area contributed by atoms with E-state index in [1.54, 1.807) is 36.5 Å². The number of fused-ring (bicyclic) bond motifs is 1. The summed E-state index contributed by atoms with van der Waals surface area (Å²) >= 11 is 0. The molecule has 4 aromatic rings. The maximum Gasteiger partial charge on any atom is 0.270 e. The topological polar surface area (TPSA) is 77.2 Å². The molecule has 7 heteroatoms. The van der Waals surface area contributed by atoms with Crippen molar-refractivity contribution in [3.05, 3.63) is 95.7 Å². The highest BCUT2D eigenvalue weighted by atomic mass is 19.3. The summed E-state index contributed by atoms with van der Waals surface area (Å²) in [5, 5.41) is 4.54. The van der Waals surface area contributed by atoms with E-state index in [2.05, 4.69) is 10.3 Å². The molecule has 0 bridgehead atoms. The molecule has 0 spiro atoms. The fraction of sp³-hybridized carbons (Fsp3) is 0.154. The average molecular weight is 447 g/mol. The van der Waals surface area contributed by atoms with Crippen molar-refractivity contribution in [1.29, 1.82) is 0 Å². The smallest absolute Gasteiger partial charge is 0.270 e. The molecule has 1 amide bonds. The molecule has 33 heavy (non-hydrogen) atoms. The number of alkyl halides is 2. The monoisotopic (exact) mass is 447 g/mol. The Morgan fingerprint density at radius 3 is 2.52 bits per heavy atom. The number of nitrogens with zero attached hydrogens (tertiary/aromatic N) is 1. The highest BCUT2D eigenvalue weighted by Crippen LogP contribution is 2.33. The van der Waals surface area contributed by atoms with Crippen molar-refractivity contribution in [2.75, 3.05) is 5.73 Å². The van der Waals surface area contributed by atoms with Crippen molar-refractivity contribution < 1.29 is 18.3 Å². The van der Waals surface area contributed by atoms with Crippen LogP contribution >= 0.6 is 0 Å². The van der Waals surface area contributed by atoms with Gasteiger partial charge in [0, 0.05) is 35.2 Å². The number of carbonyl (C=O) groups excluding carboxylic acids is 1. The Morgan fingerprint density at radius 1 is 1.06 bits per heavy atom. The Morgan fingerprint density at radius 2 is 1.82 bits per heavy atom. The van der Waals surface area contributed by atoms with E-state index in [4.69, 9.17) is 10.5 Å². The number of carbonyl (C=O) groups is 1. The van der Waals surface area contributed by atoms with Gasteiger partial charge in [0.05, 0.1) is 6.04 Å². The second-order valence-electron chi connectivity index (χ2n) is 7.88. The third-order valence-corrected chi connectivity index (χ3v) is 5.38. The van der Waals surface area contributed by atoms with Gasteiger partial charge in [-0.3, -0.25) is 4.79 Å². The zero-order valence-corrected chi connectivity index (χ0v) is 18.2. The first-order chi connectivity index (χ1) is 15.7. The van der Waals surface area contributed by atoms with Gasteiger partial charge in [-0.1, -0.05) is 18.2 Å². The number of rotatable bonds is 6. The predicted octanol–water partition coefficient (Wildman–Crippen LogP) is 6.21. The summed E-state index contributed by atoms with van der Waals surface area (Å²) < 4.78 is 32.8. The summed E-state index contributed by atoms with van der Waals surface area (Å²) in [6.45, 7) is 2.70. The molecule has 0 aliphatic rings. The van der Waals surface area contributed by atoms with Crippen molar-refractivity contribution in [3.63, 3.8) is 0 Å². The lowest BCUT2D eigenvalue weighted by Gasteiger charge is -2.16. The van der Waals surface area contributed by atoms with E-state index in [9.17, 15) is 13.6 Å². The van der Waals surface area contributed by atoms with Gasteiger partial charge in [-0.2, -0.15) is 0 Å². The van der Waals surface area contributed by atoms with E-state index in [1.165, 1.54) is 24.3 Å². The number of nitrogens with one attached hydrogen (secondary N) is 1. The average Bonchev–Trinajstić information content (AvgIpc) is 2.79. The van der Waals surface area contributed by atoms with Gasteiger partial charge in [-0.05, 0) is 66.9 Å². The largest absolute Gasteiger partial charge is 0.457 e. The first kappa shape index (κ1) is 22.2. The molecule has 0 radical (unpaired) electrons. The van der Waals surface area contributed by atoms with Crippen LogP contribution in [0.15, 0.2) is 79.0 Å². The third kappa shape index (κ3) is 4.92. The molecule has 5 nitrogen and oxygen atoms in total. The minimum Gasteiger partial charge on any atom is -0.457 e. The number of ether oxygens (including phenoxy) is 1. The van der Waals surface area contributed by atoms with Gasteiger partial charge in [-0.15, -0.1) is 0 Å². The van der Waals surface area contributed by atoms with Crippen LogP contribution in [0, 0.1) is 0 Å². The second kappa shape index (κ2) is 8.86. The van der Waals surface area contributed by atoms with Crippen LogP contribution in [0.2, 0.25) is 0 Å². The van der Waals surface area contributed by atoms with Crippen LogP contribution in [0.25, 0.3) is 10.8 Å². The van der Waals surface area contributed by atoms with Crippen LogP contribution in [-0.2, 0) is 5.92 Å². The van der Waals surface area contributed by atoms with Gasteiger partial charge < -0.3 is 15.8 Å². The Kier molecular flexibility index (Phi) is 5.96. The fourth-order valence-corrected chi connectivity index (χ4v) is 3.58. The van der Waals surface area contributed by atoms with Crippen molar-refractivity contribution >= 4 is 22.5 Å². The van der Waals surface area contributed by atoms with Crippen LogP contribution in [0.3, 0.4) is 0 Å². The Bertz CT molecular complexity index is 1300. The van der Waals surface area contributed by atoms with Crippen LogP contribution in [0.1, 0.15) is 41.4 Å². The molecule has 3 N–H and O–H groups in total. The normalized spacial score (nSPS) is 12.4. The van der Waals surface area contributed by atoms with Gasteiger partial charge in [0.2, 0.25) is 0 Å². The highest BCUT2D eigenvalue weighted by molar-refractivity contribution is 6.00. The maximum absolute atomic E-state index is 13.4. The van der Waals surface area contributed by atoms with E-state index >= 15 is 0 Å². The summed E-state index contributed by atoms with van der Waals surface area (Å²) in [5.74, 6) is -1.77. The van der Waals surface area contributed by atoms with Crippen LogP contribution in [0.5, 0.6) is 11.5 Å². The van der Waals surface area contributed by atoms with Crippen LogP contribution in [-0.4, -0.2) is 10.9 Å². The zero-order chi connectivity index (χ0) is 23.6. The number of amides is 1. The minimum atomic E-state index is -2.91. The molecule has 0 aliphatic heterocycles. The van der Waals surface area contributed by atoms with Gasteiger partial charge >= 0.3 is 0 Å². The van der Waals surface area contributed by atoms with Crippen LogP contribution < -0.4 is 15.8 Å². The van der Waals surface area contributed by atoms with Gasteiger partial charge in [-0.25, -0.2) is 13.8 Å². The summed E-state index contributed by atoms with van der Waals surface area (Å²) in [4.78, 5) is 16.9. The summed E-state index contributed by atoms with van der Waals surface area (Å²) in [6.07, 6.45) is 1.60. The predicted molar refractivity (Wildman–Crippen MR) is 125 cm³/mol. The Balaban J connectivity index is 1.54. The van der Waals surface area contributed by atoms with E-state index < -0.39 is 5.92 Å². The molecule has 0 saturated carbocycles. The number of nitrogens with two attached hydrogens (primary N) is 1. The van der Waals surface area contributed by atoms with Gasteiger partial charge in [0.15, 0.2) is 0 Å². The summed E-state index contributed by atoms with van der Waals surface area (Å²) in [5.41, 5.74) is 7.06. The number of hydrogen-bond acceptors (Lipinski definition) is 4. The van der Waals surface area contributed by atoms with E-state index in [0.29, 0.717) is 22.9 Å². The van der Waals surface area contributed by atoms with Crippen LogP contribution in [0.4, 0.5) is 14.6 Å². The lowest BCUT2D eigenvalue weighted by molar-refractivity contribution is 0.0174. The number of hydrogen-bond donors (Lipinski definition) is 2. The molecule has 0 aliphatic carbocycles. The SMILES string of the molecule is C[C@@H](NC(=O)c1ccc2c(Oc3ccc(C(C)(F)F)cc3)cccc2c1)c1cccnc1N. The molecule has 3 aromatic carbocycles. The number of pyridine rings is 1. The number of anilines is 1. The van der Waals surface area contributed by atoms with Crippen molar-refractivity contribution in [1.82, 2.24) is 10.3 Å². The molecule has 168 valence electrons. The lowest BCUT2D eigenvalue weighted by atomic mass is 10.0. The first-order valence-electron chi connectivity index (χ1n) is 10.4. The molecular formula is C26H23F2N3O2. The quantitative estimate of drug-likeness (QED) is 0.368. The Labute approximate surface area is 190 Å². The zero-order valence-electron chi connectivity index (χ0n) is 18.2. The summed E-state index contributed by atoms with van der Waals surface area (Å²) in [7, 11) is 0. The van der Waals surface area contributed by atoms with E-state index in [0.717, 1.165) is 23.3 Å². The molecule has 1 heterocycles. The van der Waals surface area contributed by atoms with Gasteiger partial charge in [0.25, 0.3) is 11.8 Å². The van der Waals surface area contributed by atoms with E-state index in [-0.39, 0.29) is 17.5 Å². The van der Waals surface area contributed by atoms with Crippen molar-refractivity contribution in [2.24, 2.45) is 0 Å². The molecule has 0 unspecified atom stereocenters.